The summed E-state index contributed by atoms with van der Waals surface area (Å²) in [5, 5.41) is 2.96. The molecule has 2 aromatic rings. The molecule has 0 aromatic heterocycles. The van der Waals surface area contributed by atoms with Crippen molar-refractivity contribution in [2.24, 2.45) is 0 Å². The number of benzene rings is 2. The van der Waals surface area contributed by atoms with Gasteiger partial charge in [-0.3, -0.25) is 9.52 Å². The lowest BCUT2D eigenvalue weighted by atomic mass is 10.2. The fourth-order valence-corrected chi connectivity index (χ4v) is 4.30. The largest absolute Gasteiger partial charge is 0.484 e. The first-order valence-corrected chi connectivity index (χ1v) is 10.5. The first-order valence-electron chi connectivity index (χ1n) is 9.05. The fraction of sp³-hybridized carbons (Fsp3) is 0.350. The molecule has 1 aliphatic carbocycles. The second-order valence-electron chi connectivity index (χ2n) is 6.74. The van der Waals surface area contributed by atoms with E-state index < -0.39 is 10.0 Å². The number of hydrogen-bond donors (Lipinski definition) is 2. The maximum atomic E-state index is 12.5. The Morgan fingerprint density at radius 2 is 1.81 bits per heavy atom. The third-order valence-corrected chi connectivity index (χ3v) is 5.94. The number of para-hydroxylation sites is 1. The quantitative estimate of drug-likeness (QED) is 0.763. The van der Waals surface area contributed by atoms with E-state index in [0.717, 1.165) is 25.7 Å². The lowest BCUT2D eigenvalue weighted by molar-refractivity contribution is -0.123. The number of amides is 1. The van der Waals surface area contributed by atoms with Gasteiger partial charge in [0, 0.05) is 11.7 Å². The molecule has 1 amide bonds. The van der Waals surface area contributed by atoms with Gasteiger partial charge in [-0.1, -0.05) is 31.0 Å². The maximum Gasteiger partial charge on any atom is 0.261 e. The van der Waals surface area contributed by atoms with Gasteiger partial charge in [0.2, 0.25) is 0 Å². The van der Waals surface area contributed by atoms with Crippen LogP contribution in [0.25, 0.3) is 0 Å². The Morgan fingerprint density at radius 1 is 1.11 bits per heavy atom. The number of aryl methyl sites for hydroxylation is 1. The van der Waals surface area contributed by atoms with Crippen molar-refractivity contribution in [1.82, 2.24) is 5.32 Å². The van der Waals surface area contributed by atoms with Crippen molar-refractivity contribution in [2.45, 2.75) is 43.5 Å². The molecule has 3 rings (SSSR count). The van der Waals surface area contributed by atoms with E-state index in [4.69, 9.17) is 4.74 Å². The van der Waals surface area contributed by atoms with E-state index in [9.17, 15) is 13.2 Å². The molecule has 0 unspecified atom stereocenters. The van der Waals surface area contributed by atoms with Crippen LogP contribution in [0.3, 0.4) is 0 Å². The molecular weight excluding hydrogens is 364 g/mol. The monoisotopic (exact) mass is 388 g/mol. The Bertz CT molecular complexity index is 891. The summed E-state index contributed by atoms with van der Waals surface area (Å²) in [6, 6.07) is 13.6. The van der Waals surface area contributed by atoms with Crippen molar-refractivity contribution in [2.75, 3.05) is 11.3 Å². The number of anilines is 1. The Kier molecular flexibility index (Phi) is 6.01. The van der Waals surface area contributed by atoms with Crippen LogP contribution >= 0.6 is 0 Å². The molecular formula is C20H24N2O4S. The van der Waals surface area contributed by atoms with Crippen molar-refractivity contribution in [1.29, 1.82) is 0 Å². The Balaban J connectivity index is 1.62. The zero-order chi connectivity index (χ0) is 19.3. The molecule has 0 radical (unpaired) electrons. The smallest absolute Gasteiger partial charge is 0.261 e. The fourth-order valence-electron chi connectivity index (χ4n) is 3.15. The van der Waals surface area contributed by atoms with E-state index in [0.29, 0.717) is 17.0 Å². The third kappa shape index (κ3) is 5.23. The minimum Gasteiger partial charge on any atom is -0.484 e. The molecule has 0 bridgehead atoms. The normalized spacial score (nSPS) is 14.7. The van der Waals surface area contributed by atoms with Crippen LogP contribution in [0, 0.1) is 6.92 Å². The van der Waals surface area contributed by atoms with Crippen molar-refractivity contribution < 1.29 is 17.9 Å². The number of sulfonamides is 1. The van der Waals surface area contributed by atoms with Gasteiger partial charge in [-0.25, -0.2) is 8.42 Å². The van der Waals surface area contributed by atoms with Crippen LogP contribution in [0.2, 0.25) is 0 Å². The van der Waals surface area contributed by atoms with Crippen LogP contribution in [0.5, 0.6) is 5.75 Å². The summed E-state index contributed by atoms with van der Waals surface area (Å²) >= 11 is 0. The van der Waals surface area contributed by atoms with Crippen LogP contribution in [0.1, 0.15) is 31.2 Å². The highest BCUT2D eigenvalue weighted by Crippen LogP contribution is 2.23. The molecule has 0 heterocycles. The molecule has 2 N–H and O–H groups in total. The van der Waals surface area contributed by atoms with Gasteiger partial charge >= 0.3 is 0 Å². The molecule has 1 saturated carbocycles. The van der Waals surface area contributed by atoms with Gasteiger partial charge in [0.15, 0.2) is 6.61 Å². The topological polar surface area (TPSA) is 84.5 Å². The van der Waals surface area contributed by atoms with E-state index >= 15 is 0 Å². The van der Waals surface area contributed by atoms with E-state index in [1.54, 1.807) is 37.3 Å². The number of nitrogens with one attached hydrogen (secondary N) is 2. The number of carbonyl (C=O) groups is 1. The van der Waals surface area contributed by atoms with Gasteiger partial charge < -0.3 is 10.1 Å². The summed E-state index contributed by atoms with van der Waals surface area (Å²) in [6.07, 6.45) is 4.34. The zero-order valence-corrected chi connectivity index (χ0v) is 16.1. The number of ether oxygens (including phenoxy) is 1. The molecule has 2 aromatic carbocycles. The average Bonchev–Trinajstić information content (AvgIpc) is 3.14. The van der Waals surface area contributed by atoms with Crippen LogP contribution in [-0.4, -0.2) is 27.0 Å². The highest BCUT2D eigenvalue weighted by molar-refractivity contribution is 7.92. The van der Waals surface area contributed by atoms with Crippen LogP contribution in [0.15, 0.2) is 53.4 Å². The maximum absolute atomic E-state index is 12.5. The van der Waals surface area contributed by atoms with Gasteiger partial charge in [-0.05, 0) is 55.7 Å². The van der Waals surface area contributed by atoms with Gasteiger partial charge in [0.1, 0.15) is 5.75 Å². The molecule has 0 aliphatic heterocycles. The summed E-state index contributed by atoms with van der Waals surface area (Å²) in [5.41, 5.74) is 1.15. The average molecular weight is 388 g/mol. The van der Waals surface area contributed by atoms with E-state index in [-0.39, 0.29) is 23.5 Å². The lowest BCUT2D eigenvalue weighted by Gasteiger charge is -2.14. The highest BCUT2D eigenvalue weighted by Gasteiger charge is 2.18. The van der Waals surface area contributed by atoms with Crippen LogP contribution in [-0.2, 0) is 14.8 Å². The first kappa shape index (κ1) is 19.2. The Morgan fingerprint density at radius 3 is 2.48 bits per heavy atom. The molecule has 1 fully saturated rings. The summed E-state index contributed by atoms with van der Waals surface area (Å²) in [6.45, 7) is 1.68. The molecule has 6 nitrogen and oxygen atoms in total. The molecule has 0 spiro atoms. The Labute approximate surface area is 160 Å². The number of rotatable bonds is 7. The number of carbonyl (C=O) groups excluding carboxylic acids is 1. The van der Waals surface area contributed by atoms with Gasteiger partial charge in [-0.15, -0.1) is 0 Å². The second-order valence-corrected chi connectivity index (χ2v) is 8.42. The predicted molar refractivity (Wildman–Crippen MR) is 104 cm³/mol. The first-order chi connectivity index (χ1) is 12.9. The lowest BCUT2D eigenvalue weighted by Crippen LogP contribution is -2.36. The van der Waals surface area contributed by atoms with Crippen molar-refractivity contribution >= 4 is 21.6 Å². The molecule has 0 saturated heterocycles. The minimum atomic E-state index is -3.68. The highest BCUT2D eigenvalue weighted by atomic mass is 32.2. The molecule has 27 heavy (non-hydrogen) atoms. The molecule has 144 valence electrons. The summed E-state index contributed by atoms with van der Waals surface area (Å²) < 4.78 is 33.1. The zero-order valence-electron chi connectivity index (χ0n) is 15.3. The molecule has 1 aliphatic rings. The Hall–Kier alpha value is -2.54. The SMILES string of the molecule is Cc1cc(S(=O)(=O)Nc2ccccc2)ccc1OCC(=O)NC1CCCC1. The summed E-state index contributed by atoms with van der Waals surface area (Å²) in [5.74, 6) is 0.346. The van der Waals surface area contributed by atoms with E-state index in [1.165, 1.54) is 12.1 Å². The second kappa shape index (κ2) is 8.43. The summed E-state index contributed by atoms with van der Waals surface area (Å²) in [4.78, 5) is 12.1. The van der Waals surface area contributed by atoms with E-state index in [2.05, 4.69) is 10.0 Å². The van der Waals surface area contributed by atoms with Crippen molar-refractivity contribution in [3.8, 4) is 5.75 Å². The third-order valence-electron chi connectivity index (χ3n) is 4.56. The molecule has 7 heteroatoms. The summed E-state index contributed by atoms with van der Waals surface area (Å²) in [7, 11) is -3.68. The van der Waals surface area contributed by atoms with Gasteiger partial charge in [-0.2, -0.15) is 0 Å². The predicted octanol–water partition coefficient (Wildman–Crippen LogP) is 3.23. The van der Waals surface area contributed by atoms with Crippen LogP contribution < -0.4 is 14.8 Å². The van der Waals surface area contributed by atoms with Gasteiger partial charge in [0.25, 0.3) is 15.9 Å². The van der Waals surface area contributed by atoms with Crippen molar-refractivity contribution in [3.63, 3.8) is 0 Å². The van der Waals surface area contributed by atoms with Crippen LogP contribution in [0.4, 0.5) is 5.69 Å². The van der Waals surface area contributed by atoms with Crippen molar-refractivity contribution in [3.05, 3.63) is 54.1 Å². The minimum absolute atomic E-state index is 0.0777. The molecule has 0 atom stereocenters. The van der Waals surface area contributed by atoms with E-state index in [1.807, 2.05) is 6.07 Å². The standard InChI is InChI=1S/C20H24N2O4S/c1-15-13-18(27(24,25)22-17-9-3-2-4-10-17)11-12-19(15)26-14-20(23)21-16-7-5-6-8-16/h2-4,9-13,16,22H,5-8,14H2,1H3,(H,21,23). The van der Waals surface area contributed by atoms with Gasteiger partial charge in [0.05, 0.1) is 4.90 Å². The number of hydrogen-bond acceptors (Lipinski definition) is 4.